The van der Waals surface area contributed by atoms with Crippen molar-refractivity contribution < 1.29 is 4.74 Å². The second-order valence-corrected chi connectivity index (χ2v) is 9.09. The summed E-state index contributed by atoms with van der Waals surface area (Å²) in [5.41, 5.74) is 9.89. The first-order chi connectivity index (χ1) is 14.4. The topological polar surface area (TPSA) is 72.0 Å². The molecule has 4 nitrogen and oxygen atoms in total. The zero-order valence-electron chi connectivity index (χ0n) is 17.9. The van der Waals surface area contributed by atoms with E-state index in [4.69, 9.17) is 20.9 Å². The fourth-order valence-corrected chi connectivity index (χ4v) is 3.84. The van der Waals surface area contributed by atoms with Gasteiger partial charge in [-0.3, -0.25) is 5.41 Å². The van der Waals surface area contributed by atoms with Crippen LogP contribution in [-0.2, 0) is 0 Å². The average molecular weight is 402 g/mol. The number of fused-ring (bicyclic) bond motifs is 1. The SMILES string of the molecule is CC(C)(CCCCOc1cc(C2=CC3CC3C=C2)cc(-c2ccccc2)n1)C(=N)N. The zero-order valence-corrected chi connectivity index (χ0v) is 17.9. The van der Waals surface area contributed by atoms with Crippen LogP contribution in [0.3, 0.4) is 0 Å². The molecule has 0 aliphatic heterocycles. The van der Waals surface area contributed by atoms with E-state index in [9.17, 15) is 0 Å². The van der Waals surface area contributed by atoms with Crippen molar-refractivity contribution in [2.45, 2.75) is 39.5 Å². The molecular formula is C26H31N3O. The molecule has 2 atom stereocenters. The molecular weight excluding hydrogens is 370 g/mol. The molecule has 0 amide bonds. The minimum absolute atomic E-state index is 0.247. The number of ether oxygens (including phenoxy) is 1. The molecule has 0 saturated heterocycles. The molecule has 1 saturated carbocycles. The van der Waals surface area contributed by atoms with Gasteiger partial charge in [-0.2, -0.15) is 0 Å². The summed E-state index contributed by atoms with van der Waals surface area (Å²) in [4.78, 5) is 4.77. The molecule has 156 valence electrons. The van der Waals surface area contributed by atoms with Crippen molar-refractivity contribution in [2.24, 2.45) is 23.0 Å². The molecule has 0 spiro atoms. The number of rotatable bonds is 9. The number of amidine groups is 1. The Morgan fingerprint density at radius 2 is 1.93 bits per heavy atom. The van der Waals surface area contributed by atoms with Gasteiger partial charge >= 0.3 is 0 Å². The van der Waals surface area contributed by atoms with Gasteiger partial charge in [-0.1, -0.05) is 62.4 Å². The summed E-state index contributed by atoms with van der Waals surface area (Å²) < 4.78 is 6.06. The third kappa shape index (κ3) is 4.81. The lowest BCUT2D eigenvalue weighted by Crippen LogP contribution is -2.30. The molecule has 0 radical (unpaired) electrons. The highest BCUT2D eigenvalue weighted by Gasteiger charge is 2.35. The van der Waals surface area contributed by atoms with Gasteiger partial charge in [0.25, 0.3) is 0 Å². The summed E-state index contributed by atoms with van der Waals surface area (Å²) in [6, 6.07) is 14.5. The maximum Gasteiger partial charge on any atom is 0.214 e. The lowest BCUT2D eigenvalue weighted by Gasteiger charge is -2.22. The normalized spacial score (nSPS) is 19.7. The summed E-state index contributed by atoms with van der Waals surface area (Å²) in [5, 5.41) is 7.68. The van der Waals surface area contributed by atoms with E-state index < -0.39 is 0 Å². The van der Waals surface area contributed by atoms with Gasteiger partial charge in [0.2, 0.25) is 5.88 Å². The van der Waals surface area contributed by atoms with Crippen molar-refractivity contribution in [1.82, 2.24) is 4.98 Å². The van der Waals surface area contributed by atoms with Gasteiger partial charge in [-0.25, -0.2) is 4.98 Å². The number of hydrogen-bond donors (Lipinski definition) is 2. The van der Waals surface area contributed by atoms with Crippen LogP contribution in [0.1, 0.15) is 45.1 Å². The molecule has 1 aromatic carbocycles. The van der Waals surface area contributed by atoms with Crippen LogP contribution in [0.4, 0.5) is 0 Å². The maximum atomic E-state index is 7.68. The minimum atomic E-state index is -0.251. The predicted molar refractivity (Wildman–Crippen MR) is 123 cm³/mol. The van der Waals surface area contributed by atoms with E-state index in [0.29, 0.717) is 18.4 Å². The molecule has 2 aromatic rings. The van der Waals surface area contributed by atoms with Crippen molar-refractivity contribution >= 4 is 11.4 Å². The maximum absolute atomic E-state index is 7.68. The van der Waals surface area contributed by atoms with E-state index in [2.05, 4.69) is 42.5 Å². The molecule has 2 aliphatic carbocycles. The molecule has 4 rings (SSSR count). The Kier molecular flexibility index (Phi) is 5.76. The molecule has 1 heterocycles. The quantitative estimate of drug-likeness (QED) is 0.314. The molecule has 0 bridgehead atoms. The molecule has 2 aliphatic rings. The molecule has 4 heteroatoms. The largest absolute Gasteiger partial charge is 0.478 e. The first-order valence-electron chi connectivity index (χ1n) is 10.9. The summed E-state index contributed by atoms with van der Waals surface area (Å²) in [7, 11) is 0. The first kappa shape index (κ1) is 20.4. The van der Waals surface area contributed by atoms with E-state index in [1.807, 2.05) is 32.0 Å². The van der Waals surface area contributed by atoms with E-state index in [-0.39, 0.29) is 11.3 Å². The number of nitrogens with one attached hydrogen (secondary N) is 1. The Balaban J connectivity index is 1.47. The van der Waals surface area contributed by atoms with Crippen LogP contribution in [0, 0.1) is 22.7 Å². The number of aromatic nitrogens is 1. The summed E-state index contributed by atoms with van der Waals surface area (Å²) in [6.07, 6.45) is 11.0. The van der Waals surface area contributed by atoms with Crippen LogP contribution in [0.25, 0.3) is 16.8 Å². The minimum Gasteiger partial charge on any atom is -0.478 e. The summed E-state index contributed by atoms with van der Waals surface area (Å²) in [6.45, 7) is 4.64. The van der Waals surface area contributed by atoms with Crippen molar-refractivity contribution in [3.8, 4) is 17.1 Å². The van der Waals surface area contributed by atoms with Crippen molar-refractivity contribution in [1.29, 1.82) is 5.41 Å². The lowest BCUT2D eigenvalue weighted by atomic mass is 9.86. The first-order valence-corrected chi connectivity index (χ1v) is 10.9. The Labute approximate surface area is 179 Å². The van der Waals surface area contributed by atoms with Crippen LogP contribution >= 0.6 is 0 Å². The fourth-order valence-electron chi connectivity index (χ4n) is 3.84. The fraction of sp³-hybridized carbons (Fsp3) is 0.385. The molecule has 1 aromatic heterocycles. The van der Waals surface area contributed by atoms with Gasteiger partial charge in [-0.15, -0.1) is 0 Å². The van der Waals surface area contributed by atoms with Crippen LogP contribution in [0.15, 0.2) is 60.7 Å². The van der Waals surface area contributed by atoms with Crippen molar-refractivity contribution in [3.05, 3.63) is 66.3 Å². The van der Waals surface area contributed by atoms with Crippen LogP contribution < -0.4 is 10.5 Å². The number of nitrogens with two attached hydrogens (primary N) is 1. The summed E-state index contributed by atoms with van der Waals surface area (Å²) in [5.74, 6) is 2.37. The smallest absolute Gasteiger partial charge is 0.214 e. The average Bonchev–Trinajstić information content (AvgIpc) is 3.52. The van der Waals surface area contributed by atoms with Crippen LogP contribution in [0.5, 0.6) is 5.88 Å². The number of allylic oxidation sites excluding steroid dienone is 4. The number of nitrogens with zero attached hydrogens (tertiary/aromatic N) is 1. The Hall–Kier alpha value is -2.88. The molecule has 2 unspecified atom stereocenters. The third-order valence-corrected chi connectivity index (χ3v) is 6.19. The highest BCUT2D eigenvalue weighted by Crippen LogP contribution is 2.46. The monoisotopic (exact) mass is 401 g/mol. The number of unbranched alkanes of at least 4 members (excludes halogenated alkanes) is 1. The van der Waals surface area contributed by atoms with Gasteiger partial charge in [0.15, 0.2) is 0 Å². The predicted octanol–water partition coefficient (Wildman–Crippen LogP) is 5.85. The Morgan fingerprint density at radius 3 is 2.67 bits per heavy atom. The van der Waals surface area contributed by atoms with Gasteiger partial charge in [0, 0.05) is 17.0 Å². The number of pyridine rings is 1. The molecule has 1 fully saturated rings. The number of benzene rings is 1. The Bertz CT molecular complexity index is 975. The highest BCUT2D eigenvalue weighted by atomic mass is 16.5. The number of hydrogen-bond acceptors (Lipinski definition) is 3. The van der Waals surface area contributed by atoms with E-state index in [1.54, 1.807) is 0 Å². The van der Waals surface area contributed by atoms with Gasteiger partial charge < -0.3 is 10.5 Å². The van der Waals surface area contributed by atoms with Crippen molar-refractivity contribution in [3.63, 3.8) is 0 Å². The van der Waals surface area contributed by atoms with E-state index in [1.165, 1.54) is 12.0 Å². The summed E-state index contributed by atoms with van der Waals surface area (Å²) >= 11 is 0. The third-order valence-electron chi connectivity index (χ3n) is 6.19. The molecule has 3 N–H and O–H groups in total. The van der Waals surface area contributed by atoms with Crippen LogP contribution in [0.2, 0.25) is 0 Å². The Morgan fingerprint density at radius 1 is 1.13 bits per heavy atom. The van der Waals surface area contributed by atoms with Gasteiger partial charge in [-0.05, 0) is 54.7 Å². The standard InChI is InChI=1S/C26H31N3O/c1-26(2,25(27)28)12-6-7-13-30-24-17-22(20-11-10-19-14-21(19)15-20)16-23(29-24)18-8-4-3-5-9-18/h3-5,8-11,15-17,19,21H,6-7,12-14H2,1-2H3,(H3,27,28). The van der Waals surface area contributed by atoms with Gasteiger partial charge in [0.1, 0.15) is 0 Å². The zero-order chi connectivity index (χ0) is 21.1. The van der Waals surface area contributed by atoms with Crippen molar-refractivity contribution in [2.75, 3.05) is 6.61 Å². The van der Waals surface area contributed by atoms with E-state index in [0.717, 1.165) is 42.0 Å². The second kappa shape index (κ2) is 8.47. The highest BCUT2D eigenvalue weighted by molar-refractivity contribution is 5.82. The lowest BCUT2D eigenvalue weighted by molar-refractivity contribution is 0.286. The van der Waals surface area contributed by atoms with Crippen LogP contribution in [-0.4, -0.2) is 17.4 Å². The van der Waals surface area contributed by atoms with E-state index >= 15 is 0 Å². The molecule has 30 heavy (non-hydrogen) atoms. The second-order valence-electron chi connectivity index (χ2n) is 9.09. The van der Waals surface area contributed by atoms with Gasteiger partial charge in [0.05, 0.1) is 18.1 Å².